The zero-order valence-electron chi connectivity index (χ0n) is 12.5. The van der Waals surface area contributed by atoms with Crippen molar-refractivity contribution in [2.45, 2.75) is 11.8 Å². The summed E-state index contributed by atoms with van der Waals surface area (Å²) in [5.41, 5.74) is 1.47. The predicted octanol–water partition coefficient (Wildman–Crippen LogP) is 1.88. The molecule has 0 spiro atoms. The van der Waals surface area contributed by atoms with Crippen molar-refractivity contribution in [3.8, 4) is 0 Å². The quantitative estimate of drug-likeness (QED) is 0.665. The van der Waals surface area contributed by atoms with Gasteiger partial charge in [-0.05, 0) is 42.5 Å². The molecule has 0 unspecified atom stereocenters. The van der Waals surface area contributed by atoms with Gasteiger partial charge in [0.15, 0.2) is 5.58 Å². The summed E-state index contributed by atoms with van der Waals surface area (Å²) in [5.74, 6) is -0.869. The van der Waals surface area contributed by atoms with E-state index in [0.29, 0.717) is 16.9 Å². The molecule has 0 saturated heterocycles. The molecule has 0 atom stereocenters. The Bertz CT molecular complexity index is 1060. The number of carbonyl (C=O) groups is 1. The normalized spacial score (nSPS) is 11.4. The number of sulfonamides is 1. The van der Waals surface area contributed by atoms with Gasteiger partial charge in [-0.3, -0.25) is 14.5 Å². The van der Waals surface area contributed by atoms with Crippen LogP contribution >= 0.6 is 0 Å². The van der Waals surface area contributed by atoms with Gasteiger partial charge in [0.1, 0.15) is 0 Å². The molecule has 8 nitrogen and oxygen atoms in total. The monoisotopic (exact) mass is 347 g/mol. The number of fused-ring (bicyclic) bond motifs is 1. The maximum Gasteiger partial charge on any atom is 0.417 e. The lowest BCUT2D eigenvalue weighted by molar-refractivity contribution is -0.114. The van der Waals surface area contributed by atoms with Gasteiger partial charge in [-0.1, -0.05) is 0 Å². The number of benzene rings is 2. The van der Waals surface area contributed by atoms with Crippen LogP contribution in [0.25, 0.3) is 11.1 Å². The van der Waals surface area contributed by atoms with Crippen molar-refractivity contribution in [2.24, 2.45) is 0 Å². The third-order valence-corrected chi connectivity index (χ3v) is 4.54. The molecule has 1 aromatic heterocycles. The number of carbonyl (C=O) groups excluding carboxylic acids is 1. The standard InChI is InChI=1S/C15H13N3O5S/c1-9(19)16-10-2-4-11(5-3-10)18-24(21,22)12-6-7-14-13(8-12)17-15(20)23-14/h2-8,18H,1H3,(H,16,19)(H,17,20). The van der Waals surface area contributed by atoms with Gasteiger partial charge >= 0.3 is 5.76 Å². The summed E-state index contributed by atoms with van der Waals surface area (Å²) in [6, 6.07) is 10.3. The molecule has 124 valence electrons. The van der Waals surface area contributed by atoms with E-state index in [1.54, 1.807) is 12.1 Å². The average Bonchev–Trinajstić information content (AvgIpc) is 2.87. The molecule has 9 heteroatoms. The minimum absolute atomic E-state index is 0.0158. The van der Waals surface area contributed by atoms with Gasteiger partial charge in [-0.2, -0.15) is 0 Å². The van der Waals surface area contributed by atoms with E-state index < -0.39 is 15.8 Å². The highest BCUT2D eigenvalue weighted by Gasteiger charge is 2.16. The number of hydrogen-bond acceptors (Lipinski definition) is 5. The maximum absolute atomic E-state index is 12.4. The zero-order valence-corrected chi connectivity index (χ0v) is 13.3. The molecule has 0 aliphatic carbocycles. The summed E-state index contributed by atoms with van der Waals surface area (Å²) in [6.07, 6.45) is 0. The number of aromatic nitrogens is 1. The number of oxazole rings is 1. The Hall–Kier alpha value is -3.07. The third kappa shape index (κ3) is 3.30. The van der Waals surface area contributed by atoms with Crippen molar-refractivity contribution in [3.63, 3.8) is 0 Å². The van der Waals surface area contributed by atoms with Gasteiger partial charge in [0, 0.05) is 18.3 Å². The fourth-order valence-corrected chi connectivity index (χ4v) is 3.22. The molecule has 0 aliphatic rings. The van der Waals surface area contributed by atoms with Crippen LogP contribution in [0.15, 0.2) is 56.6 Å². The lowest BCUT2D eigenvalue weighted by atomic mass is 10.3. The largest absolute Gasteiger partial charge is 0.417 e. The van der Waals surface area contributed by atoms with Crippen molar-refractivity contribution in [1.82, 2.24) is 4.98 Å². The number of H-pyrrole nitrogens is 1. The van der Waals surface area contributed by atoms with E-state index in [-0.39, 0.29) is 16.4 Å². The van der Waals surface area contributed by atoms with Crippen LogP contribution in [0, 0.1) is 0 Å². The van der Waals surface area contributed by atoms with Crippen LogP contribution in [-0.4, -0.2) is 19.3 Å². The Morgan fingerprint density at radius 3 is 2.42 bits per heavy atom. The number of nitrogens with one attached hydrogen (secondary N) is 3. The second-order valence-electron chi connectivity index (χ2n) is 5.04. The highest BCUT2D eigenvalue weighted by atomic mass is 32.2. The minimum atomic E-state index is -3.83. The third-order valence-electron chi connectivity index (χ3n) is 3.16. The Kier molecular flexibility index (Phi) is 3.86. The van der Waals surface area contributed by atoms with Crippen LogP contribution in [0.5, 0.6) is 0 Å². The van der Waals surface area contributed by atoms with Gasteiger partial charge in [0.25, 0.3) is 10.0 Å². The number of aromatic amines is 1. The van der Waals surface area contributed by atoms with Gasteiger partial charge in [-0.15, -0.1) is 0 Å². The summed E-state index contributed by atoms with van der Waals surface area (Å²) < 4.78 is 32.1. The Balaban J connectivity index is 1.86. The van der Waals surface area contributed by atoms with Crippen molar-refractivity contribution in [3.05, 3.63) is 53.0 Å². The molecule has 2 aromatic carbocycles. The minimum Gasteiger partial charge on any atom is -0.408 e. The van der Waals surface area contributed by atoms with Crippen molar-refractivity contribution < 1.29 is 17.6 Å². The van der Waals surface area contributed by atoms with Gasteiger partial charge in [-0.25, -0.2) is 13.2 Å². The van der Waals surface area contributed by atoms with Crippen LogP contribution < -0.4 is 15.8 Å². The topological polar surface area (TPSA) is 121 Å². The average molecular weight is 347 g/mol. The van der Waals surface area contributed by atoms with Crippen LogP contribution in [-0.2, 0) is 14.8 Å². The first-order chi connectivity index (χ1) is 11.3. The van der Waals surface area contributed by atoms with E-state index >= 15 is 0 Å². The van der Waals surface area contributed by atoms with Crippen molar-refractivity contribution in [1.29, 1.82) is 0 Å². The second kappa shape index (κ2) is 5.85. The van der Waals surface area contributed by atoms with E-state index in [4.69, 9.17) is 4.42 Å². The van der Waals surface area contributed by atoms with Crippen molar-refractivity contribution in [2.75, 3.05) is 10.0 Å². The van der Waals surface area contributed by atoms with Gasteiger partial charge in [0.05, 0.1) is 10.4 Å². The molecule has 3 aromatic rings. The highest BCUT2D eigenvalue weighted by molar-refractivity contribution is 7.92. The number of hydrogen-bond donors (Lipinski definition) is 3. The molecule has 24 heavy (non-hydrogen) atoms. The fourth-order valence-electron chi connectivity index (χ4n) is 2.14. The molecule has 0 bridgehead atoms. The first kappa shape index (κ1) is 15.8. The summed E-state index contributed by atoms with van der Waals surface area (Å²) in [6.45, 7) is 1.38. The first-order valence-electron chi connectivity index (χ1n) is 6.87. The Morgan fingerprint density at radius 2 is 1.75 bits per heavy atom. The first-order valence-corrected chi connectivity index (χ1v) is 8.35. The predicted molar refractivity (Wildman–Crippen MR) is 88.4 cm³/mol. The molecule has 3 N–H and O–H groups in total. The lowest BCUT2D eigenvalue weighted by Gasteiger charge is -2.09. The summed E-state index contributed by atoms with van der Waals surface area (Å²) in [4.78, 5) is 24.5. The van der Waals surface area contributed by atoms with Gasteiger partial charge < -0.3 is 9.73 Å². The number of amides is 1. The zero-order chi connectivity index (χ0) is 17.3. The molecular formula is C15H13N3O5S. The molecule has 1 heterocycles. The second-order valence-corrected chi connectivity index (χ2v) is 6.72. The lowest BCUT2D eigenvalue weighted by Crippen LogP contribution is -2.13. The van der Waals surface area contributed by atoms with Crippen LogP contribution in [0.1, 0.15) is 6.92 Å². The van der Waals surface area contributed by atoms with E-state index in [2.05, 4.69) is 15.0 Å². The molecular weight excluding hydrogens is 334 g/mol. The molecule has 1 amide bonds. The van der Waals surface area contributed by atoms with Gasteiger partial charge in [0.2, 0.25) is 5.91 Å². The Labute approximate surface area is 136 Å². The van der Waals surface area contributed by atoms with Crippen molar-refractivity contribution >= 4 is 38.4 Å². The molecule has 3 rings (SSSR count). The van der Waals surface area contributed by atoms with E-state index in [1.807, 2.05) is 0 Å². The summed E-state index contributed by atoms with van der Waals surface area (Å²) in [5, 5.41) is 2.59. The maximum atomic E-state index is 12.4. The number of anilines is 2. The van der Waals surface area contributed by atoms with E-state index in [0.717, 1.165) is 0 Å². The van der Waals surface area contributed by atoms with E-state index in [1.165, 1.54) is 37.3 Å². The number of rotatable bonds is 4. The molecule has 0 saturated carbocycles. The molecule has 0 radical (unpaired) electrons. The van der Waals surface area contributed by atoms with Crippen LogP contribution in [0.4, 0.5) is 11.4 Å². The van der Waals surface area contributed by atoms with Crippen LogP contribution in [0.3, 0.4) is 0 Å². The SMILES string of the molecule is CC(=O)Nc1ccc(NS(=O)(=O)c2ccc3oc(=O)[nH]c3c2)cc1. The Morgan fingerprint density at radius 1 is 1.08 bits per heavy atom. The van der Waals surface area contributed by atoms with E-state index in [9.17, 15) is 18.0 Å². The van der Waals surface area contributed by atoms with Crippen LogP contribution in [0.2, 0.25) is 0 Å². The molecule has 0 aliphatic heterocycles. The molecule has 0 fully saturated rings. The summed E-state index contributed by atoms with van der Waals surface area (Å²) >= 11 is 0. The fraction of sp³-hybridized carbons (Fsp3) is 0.0667. The highest BCUT2D eigenvalue weighted by Crippen LogP contribution is 2.21. The smallest absolute Gasteiger partial charge is 0.408 e. The summed E-state index contributed by atoms with van der Waals surface area (Å²) in [7, 11) is -3.83.